The summed E-state index contributed by atoms with van der Waals surface area (Å²) < 4.78 is 63.7. The minimum atomic E-state index is -4.14. The summed E-state index contributed by atoms with van der Waals surface area (Å²) in [5.74, 6) is -2.57. The number of hydrogen-bond acceptors (Lipinski definition) is 14. The normalized spacial score (nSPS) is 19.4. The minimum Gasteiger partial charge on any atom is -0.452 e. The van der Waals surface area contributed by atoms with Crippen LogP contribution < -0.4 is 5.32 Å². The number of ether oxygens (including phenoxy) is 6. The molecule has 0 aliphatic carbocycles. The second-order valence-corrected chi connectivity index (χ2v) is 13.6. The molecule has 0 radical (unpaired) electrons. The van der Waals surface area contributed by atoms with Crippen LogP contribution in [0.2, 0.25) is 0 Å². The van der Waals surface area contributed by atoms with Gasteiger partial charge in [0.05, 0.1) is 29.9 Å². The molecule has 4 aromatic carbocycles. The quantitative estimate of drug-likeness (QED) is 0.0593. The van der Waals surface area contributed by atoms with Gasteiger partial charge in [0.1, 0.15) is 12.7 Å². The number of carbonyl (C=O) groups excluding carboxylic acids is 4. The summed E-state index contributed by atoms with van der Waals surface area (Å²) in [5.41, 5.74) is 1.19. The highest BCUT2D eigenvalue weighted by Gasteiger charge is 2.54. The second kappa shape index (κ2) is 20.3. The van der Waals surface area contributed by atoms with E-state index in [1.807, 2.05) is 18.2 Å². The van der Waals surface area contributed by atoms with Crippen LogP contribution in [0.25, 0.3) is 0 Å². The summed E-state index contributed by atoms with van der Waals surface area (Å²) in [4.78, 5) is 53.3. The molecule has 4 aromatic rings. The van der Waals surface area contributed by atoms with Crippen LogP contribution >= 0.6 is 7.82 Å². The maximum Gasteiger partial charge on any atom is 0.474 e. The number of esters is 3. The van der Waals surface area contributed by atoms with Gasteiger partial charge >= 0.3 is 31.8 Å². The number of alkyl carbamates (subject to hydrolysis) is 1. The Morgan fingerprint density at radius 1 is 0.636 bits per heavy atom. The number of phosphoric ester groups is 1. The van der Waals surface area contributed by atoms with Gasteiger partial charge in [-0.2, -0.15) is 0 Å². The third-order valence-electron chi connectivity index (χ3n) is 8.06. The molecule has 0 aromatic heterocycles. The van der Waals surface area contributed by atoms with E-state index in [2.05, 4.69) is 5.32 Å². The molecule has 1 N–H and O–H groups in total. The van der Waals surface area contributed by atoms with Crippen LogP contribution in [0.5, 0.6) is 0 Å². The summed E-state index contributed by atoms with van der Waals surface area (Å²) in [6, 6.07) is 32.9. The molecule has 1 saturated heterocycles. The summed E-state index contributed by atoms with van der Waals surface area (Å²) >= 11 is 0. The Bertz CT molecular complexity index is 1880. The predicted molar refractivity (Wildman–Crippen MR) is 194 cm³/mol. The van der Waals surface area contributed by atoms with E-state index < -0.39 is 69.1 Å². The van der Waals surface area contributed by atoms with Crippen LogP contribution in [-0.4, -0.2) is 88.7 Å². The lowest BCUT2D eigenvalue weighted by Crippen LogP contribution is -2.63. The van der Waals surface area contributed by atoms with Crippen LogP contribution in [0, 0.1) is 0 Å². The van der Waals surface area contributed by atoms with Gasteiger partial charge < -0.3 is 33.7 Å². The molecule has 1 heterocycles. The van der Waals surface area contributed by atoms with Gasteiger partial charge in [-0.1, -0.05) is 84.9 Å². The molecule has 5 rings (SSSR count). The molecular weight excluding hydrogens is 737 g/mol. The number of hydrogen-bond donors (Lipinski definition) is 1. The lowest BCUT2D eigenvalue weighted by atomic mass is 9.97. The van der Waals surface area contributed by atoms with E-state index in [-0.39, 0.29) is 36.4 Å². The molecule has 1 aliphatic rings. The van der Waals surface area contributed by atoms with E-state index in [1.165, 1.54) is 36.4 Å². The molecule has 0 spiro atoms. The zero-order chi connectivity index (χ0) is 39.0. The van der Waals surface area contributed by atoms with E-state index >= 15 is 0 Å². The smallest absolute Gasteiger partial charge is 0.452 e. The van der Waals surface area contributed by atoms with Crippen molar-refractivity contribution >= 4 is 31.8 Å². The van der Waals surface area contributed by atoms with Gasteiger partial charge in [0, 0.05) is 20.8 Å². The molecule has 0 saturated carbocycles. The fraction of sp³-hybridized carbons (Fsp3) is 0.282. The lowest BCUT2D eigenvalue weighted by Gasteiger charge is -2.44. The van der Waals surface area contributed by atoms with Crippen LogP contribution in [0.15, 0.2) is 121 Å². The minimum absolute atomic E-state index is 0.0306. The molecule has 1 aliphatic heterocycles. The Morgan fingerprint density at radius 2 is 1.09 bits per heavy atom. The van der Waals surface area contributed by atoms with Crippen molar-refractivity contribution in [2.24, 2.45) is 0 Å². The topological polar surface area (TPSA) is 180 Å². The van der Waals surface area contributed by atoms with Crippen molar-refractivity contribution in [3.8, 4) is 0 Å². The zero-order valence-electron chi connectivity index (χ0n) is 29.9. The number of amides is 1. The van der Waals surface area contributed by atoms with Gasteiger partial charge in [-0.3, -0.25) is 13.6 Å². The van der Waals surface area contributed by atoms with E-state index in [4.69, 9.17) is 42.0 Å². The van der Waals surface area contributed by atoms with Crippen molar-refractivity contribution in [3.05, 3.63) is 144 Å². The molecule has 1 fully saturated rings. The number of rotatable bonds is 17. The molecule has 16 heteroatoms. The molecule has 15 nitrogen and oxygen atoms in total. The highest BCUT2D eigenvalue weighted by molar-refractivity contribution is 7.48. The van der Waals surface area contributed by atoms with Crippen LogP contribution in [-0.2, 0) is 53.2 Å². The number of carbonyl (C=O) groups is 4. The first kappa shape index (κ1) is 40.8. The molecule has 55 heavy (non-hydrogen) atoms. The largest absolute Gasteiger partial charge is 0.474 e. The molecule has 1 amide bonds. The lowest BCUT2D eigenvalue weighted by molar-refractivity contribution is -0.297. The van der Waals surface area contributed by atoms with Gasteiger partial charge in [-0.25, -0.2) is 23.7 Å². The monoisotopic (exact) mass is 777 g/mol. The maximum atomic E-state index is 13.7. The average Bonchev–Trinajstić information content (AvgIpc) is 3.23. The summed E-state index contributed by atoms with van der Waals surface area (Å²) in [6.45, 7) is -0.921. The Morgan fingerprint density at radius 3 is 1.58 bits per heavy atom. The fourth-order valence-corrected chi connectivity index (χ4v) is 5.98. The molecule has 290 valence electrons. The molecule has 0 bridgehead atoms. The Labute approximate surface area is 317 Å². The first-order valence-corrected chi connectivity index (χ1v) is 18.5. The standard InChI is InChI=1S/C39H40NO14P/c1-46-55(45,47-2)50-26-31-32(52-35(41)28-17-9-4-10-18-28)33(53-36(42)29-19-11-5-12-20-29)34(54-37(43)30-21-13-6-14-22-30)38(51-31)48-24-23-40-39(44)49-25-27-15-7-3-8-16-27/h3-22,31-34,38H,23-26H2,1-2H3,(H,40,44)/t31-,32-,33+,34+,38+/m1/s1. The fourth-order valence-electron chi connectivity index (χ4n) is 5.29. The summed E-state index contributed by atoms with van der Waals surface area (Å²) in [5, 5.41) is 2.56. The van der Waals surface area contributed by atoms with E-state index in [1.54, 1.807) is 66.7 Å². The highest BCUT2D eigenvalue weighted by Crippen LogP contribution is 2.48. The zero-order valence-corrected chi connectivity index (χ0v) is 30.8. The van der Waals surface area contributed by atoms with Gasteiger partial charge in [0.25, 0.3) is 0 Å². The van der Waals surface area contributed by atoms with Gasteiger partial charge in [-0.15, -0.1) is 0 Å². The first-order chi connectivity index (χ1) is 26.7. The van der Waals surface area contributed by atoms with Gasteiger partial charge in [0.15, 0.2) is 24.6 Å². The Hall–Kier alpha value is -5.41. The SMILES string of the molecule is COP(=O)(OC)OC[C@H]1O[C@H](OCCNC(=O)OCc2ccccc2)[C@@H](OC(=O)c2ccccc2)[C@@H](OC(=O)c2ccccc2)[C@@H]1OC(=O)c1ccccc1. The second-order valence-electron chi connectivity index (χ2n) is 11.7. The van der Waals surface area contributed by atoms with Crippen molar-refractivity contribution in [2.75, 3.05) is 34.0 Å². The van der Waals surface area contributed by atoms with Crippen LogP contribution in [0.4, 0.5) is 4.79 Å². The van der Waals surface area contributed by atoms with Crippen molar-refractivity contribution < 1.29 is 65.7 Å². The Balaban J connectivity index is 1.46. The highest BCUT2D eigenvalue weighted by atomic mass is 31.2. The van der Waals surface area contributed by atoms with Crippen molar-refractivity contribution in [1.29, 1.82) is 0 Å². The predicted octanol–water partition coefficient (Wildman–Crippen LogP) is 5.75. The Kier molecular flexibility index (Phi) is 15.1. The van der Waals surface area contributed by atoms with Gasteiger partial charge in [0.2, 0.25) is 0 Å². The van der Waals surface area contributed by atoms with Crippen LogP contribution in [0.1, 0.15) is 36.6 Å². The van der Waals surface area contributed by atoms with Crippen molar-refractivity contribution in [2.45, 2.75) is 37.3 Å². The van der Waals surface area contributed by atoms with E-state index in [9.17, 15) is 23.7 Å². The third kappa shape index (κ3) is 11.8. The molecule has 0 unspecified atom stereocenters. The van der Waals surface area contributed by atoms with Crippen LogP contribution in [0.3, 0.4) is 0 Å². The van der Waals surface area contributed by atoms with E-state index in [0.717, 1.165) is 19.8 Å². The number of phosphoric acid groups is 1. The summed E-state index contributed by atoms with van der Waals surface area (Å²) in [7, 11) is -1.93. The van der Waals surface area contributed by atoms with Gasteiger partial charge in [-0.05, 0) is 42.0 Å². The maximum absolute atomic E-state index is 13.7. The molecular formula is C39H40NO14P. The number of benzene rings is 4. The van der Waals surface area contributed by atoms with Crippen molar-refractivity contribution in [1.82, 2.24) is 5.32 Å². The molecule has 5 atom stereocenters. The summed E-state index contributed by atoms with van der Waals surface area (Å²) in [6.07, 6.45) is -8.45. The third-order valence-corrected chi connectivity index (χ3v) is 9.42. The first-order valence-electron chi connectivity index (χ1n) is 17.1. The average molecular weight is 778 g/mol. The number of nitrogens with one attached hydrogen (secondary N) is 1. The van der Waals surface area contributed by atoms with E-state index in [0.29, 0.717) is 0 Å². The van der Waals surface area contributed by atoms with Crippen molar-refractivity contribution in [3.63, 3.8) is 0 Å².